The molecule has 4 rings (SSSR count). The lowest BCUT2D eigenvalue weighted by molar-refractivity contribution is 0.0628. The van der Waals surface area contributed by atoms with Gasteiger partial charge in [0.15, 0.2) is 17.5 Å². The number of rotatable bonds is 4. The first-order chi connectivity index (χ1) is 13.8. The van der Waals surface area contributed by atoms with Gasteiger partial charge in [0.25, 0.3) is 5.91 Å². The molecule has 1 amide bonds. The third kappa shape index (κ3) is 4.27. The largest absolute Gasteiger partial charge is 0.393 e. The quantitative estimate of drug-likeness (QED) is 0.603. The maximum atomic E-state index is 13.4. The fraction of sp³-hybridized carbons (Fsp3) is 0.381. The summed E-state index contributed by atoms with van der Waals surface area (Å²) >= 11 is 7.91. The SMILES string of the molecule is O=C(Nc1cc(F)c(F)c(F)c1)c1ccc(Cl)c(S[C@@H]2CC3CC[C@@H](C2)[C@H]3O)c1. The predicted octanol–water partition coefficient (Wildman–Crippen LogP) is 5.65. The van der Waals surface area contributed by atoms with Crippen molar-refractivity contribution in [1.82, 2.24) is 0 Å². The summed E-state index contributed by atoms with van der Waals surface area (Å²) in [6.45, 7) is 0. The third-order valence-corrected chi connectivity index (χ3v) is 7.49. The van der Waals surface area contributed by atoms with Crippen molar-refractivity contribution in [2.45, 2.75) is 41.9 Å². The van der Waals surface area contributed by atoms with Gasteiger partial charge in [0.1, 0.15) is 0 Å². The van der Waals surface area contributed by atoms with Gasteiger partial charge in [-0.2, -0.15) is 0 Å². The lowest BCUT2D eigenvalue weighted by atomic mass is 9.86. The van der Waals surface area contributed by atoms with E-state index in [0.29, 0.717) is 22.1 Å². The molecule has 2 aromatic carbocycles. The molecular formula is C21H19ClF3NO2S. The van der Waals surface area contributed by atoms with Crippen molar-refractivity contribution in [3.63, 3.8) is 0 Å². The number of nitrogens with one attached hydrogen (secondary N) is 1. The number of carbonyl (C=O) groups is 1. The maximum Gasteiger partial charge on any atom is 0.255 e. The molecule has 2 fully saturated rings. The van der Waals surface area contributed by atoms with Crippen molar-refractivity contribution in [2.24, 2.45) is 11.8 Å². The van der Waals surface area contributed by atoms with Gasteiger partial charge in [-0.15, -0.1) is 11.8 Å². The molecule has 0 aromatic heterocycles. The molecule has 2 aliphatic carbocycles. The molecule has 0 aliphatic heterocycles. The van der Waals surface area contributed by atoms with E-state index >= 15 is 0 Å². The first-order valence-corrected chi connectivity index (χ1v) is 10.7. The van der Waals surface area contributed by atoms with Crippen molar-refractivity contribution in [2.75, 3.05) is 5.32 Å². The van der Waals surface area contributed by atoms with E-state index in [9.17, 15) is 23.1 Å². The predicted molar refractivity (Wildman–Crippen MR) is 107 cm³/mol. The Morgan fingerprint density at radius 2 is 1.69 bits per heavy atom. The van der Waals surface area contributed by atoms with Gasteiger partial charge in [-0.25, -0.2) is 13.2 Å². The summed E-state index contributed by atoms with van der Waals surface area (Å²) in [6.07, 6.45) is 3.69. The van der Waals surface area contributed by atoms with E-state index in [-0.39, 0.29) is 17.4 Å². The molecular weight excluding hydrogens is 423 g/mol. The van der Waals surface area contributed by atoms with Gasteiger partial charge in [0.05, 0.1) is 11.1 Å². The number of benzene rings is 2. The molecule has 4 atom stereocenters. The van der Waals surface area contributed by atoms with Crippen LogP contribution < -0.4 is 5.32 Å². The second kappa shape index (κ2) is 8.20. The second-order valence-electron chi connectivity index (χ2n) is 7.65. The zero-order valence-corrected chi connectivity index (χ0v) is 16.9. The van der Waals surface area contributed by atoms with Gasteiger partial charge in [0.2, 0.25) is 0 Å². The number of fused-ring (bicyclic) bond motifs is 2. The van der Waals surface area contributed by atoms with E-state index in [1.165, 1.54) is 6.07 Å². The van der Waals surface area contributed by atoms with Gasteiger partial charge in [0, 0.05) is 33.5 Å². The van der Waals surface area contributed by atoms with Crippen LogP contribution in [0.25, 0.3) is 0 Å². The normalized spacial score (nSPS) is 25.8. The highest BCUT2D eigenvalue weighted by atomic mass is 35.5. The smallest absolute Gasteiger partial charge is 0.255 e. The Balaban J connectivity index is 1.48. The molecule has 8 heteroatoms. The van der Waals surface area contributed by atoms with Crippen LogP contribution in [0.1, 0.15) is 36.0 Å². The van der Waals surface area contributed by atoms with Crippen molar-refractivity contribution in [1.29, 1.82) is 0 Å². The summed E-state index contributed by atoms with van der Waals surface area (Å²) in [5, 5.41) is 13.4. The van der Waals surface area contributed by atoms with Gasteiger partial charge in [-0.05, 0) is 55.7 Å². The van der Waals surface area contributed by atoms with Gasteiger partial charge >= 0.3 is 0 Å². The topological polar surface area (TPSA) is 49.3 Å². The van der Waals surface area contributed by atoms with E-state index in [1.54, 1.807) is 23.9 Å². The number of aliphatic hydroxyl groups is 1. The molecule has 0 spiro atoms. The number of hydrogen-bond donors (Lipinski definition) is 2. The van der Waals surface area contributed by atoms with Crippen molar-refractivity contribution in [3.8, 4) is 0 Å². The number of amides is 1. The van der Waals surface area contributed by atoms with Crippen LogP contribution in [-0.4, -0.2) is 22.4 Å². The van der Waals surface area contributed by atoms with Crippen molar-refractivity contribution < 1.29 is 23.1 Å². The van der Waals surface area contributed by atoms with Crippen LogP contribution in [0.4, 0.5) is 18.9 Å². The number of carbonyl (C=O) groups excluding carboxylic acids is 1. The molecule has 0 saturated heterocycles. The molecule has 29 heavy (non-hydrogen) atoms. The number of halogens is 4. The van der Waals surface area contributed by atoms with Gasteiger partial charge in [-0.3, -0.25) is 4.79 Å². The highest BCUT2D eigenvalue weighted by molar-refractivity contribution is 8.00. The van der Waals surface area contributed by atoms with Crippen molar-refractivity contribution >= 4 is 35.0 Å². The Hall–Kier alpha value is -1.70. The van der Waals surface area contributed by atoms with Crippen LogP contribution in [0.5, 0.6) is 0 Å². The molecule has 0 radical (unpaired) electrons. The van der Waals surface area contributed by atoms with Crippen molar-refractivity contribution in [3.05, 3.63) is 58.4 Å². The maximum absolute atomic E-state index is 13.4. The van der Waals surface area contributed by atoms with Crippen LogP contribution in [0, 0.1) is 29.3 Å². The highest BCUT2D eigenvalue weighted by Gasteiger charge is 2.42. The lowest BCUT2D eigenvalue weighted by Gasteiger charge is -2.32. The Labute approximate surface area is 175 Å². The Kier molecular flexibility index (Phi) is 5.82. The van der Waals surface area contributed by atoms with Crippen LogP contribution >= 0.6 is 23.4 Å². The fourth-order valence-corrected chi connectivity index (χ4v) is 5.96. The number of anilines is 1. The summed E-state index contributed by atoms with van der Waals surface area (Å²) in [6, 6.07) is 6.23. The average molecular weight is 442 g/mol. The van der Waals surface area contributed by atoms with Crippen LogP contribution in [-0.2, 0) is 0 Å². The van der Waals surface area contributed by atoms with Gasteiger partial charge in [-0.1, -0.05) is 11.6 Å². The zero-order chi connectivity index (χ0) is 20.7. The first-order valence-electron chi connectivity index (χ1n) is 9.42. The van der Waals surface area contributed by atoms with Gasteiger partial charge < -0.3 is 10.4 Å². The van der Waals surface area contributed by atoms with E-state index < -0.39 is 23.4 Å². The minimum atomic E-state index is -1.58. The van der Waals surface area contributed by atoms with Crippen LogP contribution in [0.15, 0.2) is 35.2 Å². The molecule has 3 nitrogen and oxygen atoms in total. The fourth-order valence-electron chi connectivity index (χ4n) is 4.28. The molecule has 0 heterocycles. The number of thioether (sulfide) groups is 1. The third-order valence-electron chi connectivity index (χ3n) is 5.73. The summed E-state index contributed by atoms with van der Waals surface area (Å²) in [5.74, 6) is -4.27. The Morgan fingerprint density at radius 3 is 2.31 bits per heavy atom. The Bertz CT molecular complexity index is 921. The molecule has 154 valence electrons. The first kappa shape index (κ1) is 20.6. The number of aliphatic hydroxyl groups excluding tert-OH is 1. The van der Waals surface area contributed by atoms with E-state index in [1.807, 2.05) is 0 Å². The van der Waals surface area contributed by atoms with E-state index in [4.69, 9.17) is 11.6 Å². The molecule has 2 aromatic rings. The minimum absolute atomic E-state index is 0.173. The molecule has 2 N–H and O–H groups in total. The summed E-state index contributed by atoms with van der Waals surface area (Å²) in [7, 11) is 0. The molecule has 1 unspecified atom stereocenters. The highest BCUT2D eigenvalue weighted by Crippen LogP contribution is 2.48. The zero-order valence-electron chi connectivity index (χ0n) is 15.3. The summed E-state index contributed by atoms with van der Waals surface area (Å²) < 4.78 is 39.8. The minimum Gasteiger partial charge on any atom is -0.393 e. The second-order valence-corrected chi connectivity index (χ2v) is 9.40. The van der Waals surface area contributed by atoms with E-state index in [0.717, 1.165) is 42.7 Å². The standard InChI is InChI=1S/C21H19ClF3NO2S/c22-15-4-3-12(21(28)26-13-8-16(23)19(25)17(24)9-13)7-18(15)29-14-5-10-1-2-11(6-14)20(10)27/h3-4,7-11,14,20,27H,1-2,5-6H2,(H,26,28)/t10-,11?,14-,20+/m0/s1. The molecule has 2 bridgehead atoms. The lowest BCUT2D eigenvalue weighted by Crippen LogP contribution is -2.31. The summed E-state index contributed by atoms with van der Waals surface area (Å²) in [4.78, 5) is 13.2. The number of hydrogen-bond acceptors (Lipinski definition) is 3. The van der Waals surface area contributed by atoms with Crippen LogP contribution in [0.3, 0.4) is 0 Å². The monoisotopic (exact) mass is 441 g/mol. The summed E-state index contributed by atoms with van der Waals surface area (Å²) in [5.41, 5.74) is 0.106. The van der Waals surface area contributed by atoms with Crippen LogP contribution in [0.2, 0.25) is 5.02 Å². The average Bonchev–Trinajstić information content (AvgIpc) is 2.89. The Morgan fingerprint density at radius 1 is 1.07 bits per heavy atom. The molecule has 2 saturated carbocycles. The van der Waals surface area contributed by atoms with E-state index in [2.05, 4.69) is 5.32 Å². The molecule has 2 aliphatic rings.